The van der Waals surface area contributed by atoms with Crippen molar-refractivity contribution in [1.82, 2.24) is 10.6 Å². The quantitative estimate of drug-likeness (QED) is 0.593. The summed E-state index contributed by atoms with van der Waals surface area (Å²) in [6.07, 6.45) is 1.41. The zero-order chi connectivity index (χ0) is 19.1. The summed E-state index contributed by atoms with van der Waals surface area (Å²) in [6.45, 7) is 0.581. The number of hydrogen-bond donors (Lipinski definition) is 2. The number of carbonyl (C=O) groups excluding carboxylic acids is 2. The van der Waals surface area contributed by atoms with Gasteiger partial charge in [0.2, 0.25) is 0 Å². The first-order valence-electron chi connectivity index (χ1n) is 8.19. The van der Waals surface area contributed by atoms with Crippen LogP contribution in [0.25, 0.3) is 0 Å². The van der Waals surface area contributed by atoms with Gasteiger partial charge in [-0.1, -0.05) is 0 Å². The van der Waals surface area contributed by atoms with Crippen molar-refractivity contribution >= 4 is 11.8 Å². The summed E-state index contributed by atoms with van der Waals surface area (Å²) in [5, 5.41) is 5.25. The van der Waals surface area contributed by atoms with Gasteiger partial charge >= 0.3 is 0 Å². The third kappa shape index (κ3) is 5.21. The summed E-state index contributed by atoms with van der Waals surface area (Å²) in [6, 6.07) is 11.9. The highest BCUT2D eigenvalue weighted by Crippen LogP contribution is 2.15. The molecule has 1 aromatic carbocycles. The number of hydrogen-bond acceptors (Lipinski definition) is 5. The van der Waals surface area contributed by atoms with E-state index in [-0.39, 0.29) is 42.9 Å². The summed E-state index contributed by atoms with van der Waals surface area (Å²) >= 11 is 0. The van der Waals surface area contributed by atoms with Crippen molar-refractivity contribution < 1.29 is 27.6 Å². The lowest BCUT2D eigenvalue weighted by Crippen LogP contribution is -2.34. The van der Waals surface area contributed by atoms with Gasteiger partial charge in [-0.25, -0.2) is 4.39 Å². The second kappa shape index (κ2) is 8.70. The molecule has 3 rings (SSSR count). The monoisotopic (exact) mass is 372 g/mol. The zero-order valence-electron chi connectivity index (χ0n) is 14.2. The zero-order valence-corrected chi connectivity index (χ0v) is 14.2. The fourth-order valence-electron chi connectivity index (χ4n) is 2.20. The predicted molar refractivity (Wildman–Crippen MR) is 92.8 cm³/mol. The number of amides is 2. The molecule has 2 N–H and O–H groups in total. The lowest BCUT2D eigenvalue weighted by Gasteiger charge is -2.05. The molecule has 2 heterocycles. The molecule has 0 spiro atoms. The number of carbonyl (C=O) groups is 2. The van der Waals surface area contributed by atoms with Crippen molar-refractivity contribution in [2.45, 2.75) is 6.61 Å². The molecular weight excluding hydrogens is 355 g/mol. The van der Waals surface area contributed by atoms with Gasteiger partial charge in [-0.3, -0.25) is 9.59 Å². The summed E-state index contributed by atoms with van der Waals surface area (Å²) in [5.41, 5.74) is 0. The van der Waals surface area contributed by atoms with Gasteiger partial charge < -0.3 is 24.2 Å². The smallest absolute Gasteiger partial charge is 0.287 e. The van der Waals surface area contributed by atoms with Crippen LogP contribution in [0.1, 0.15) is 26.9 Å². The molecule has 140 valence electrons. The van der Waals surface area contributed by atoms with E-state index in [1.807, 2.05) is 0 Å². The van der Waals surface area contributed by atoms with Crippen molar-refractivity contribution in [2.24, 2.45) is 0 Å². The third-order valence-electron chi connectivity index (χ3n) is 3.52. The molecule has 0 radical (unpaired) electrons. The van der Waals surface area contributed by atoms with Crippen LogP contribution in [0.5, 0.6) is 5.75 Å². The summed E-state index contributed by atoms with van der Waals surface area (Å²) in [7, 11) is 0. The minimum Gasteiger partial charge on any atom is -0.486 e. The first-order valence-corrected chi connectivity index (χ1v) is 8.19. The highest BCUT2D eigenvalue weighted by atomic mass is 19.1. The van der Waals surface area contributed by atoms with E-state index in [0.717, 1.165) is 0 Å². The largest absolute Gasteiger partial charge is 0.486 e. The Morgan fingerprint density at radius 2 is 1.63 bits per heavy atom. The molecule has 0 atom stereocenters. The molecule has 27 heavy (non-hydrogen) atoms. The Labute approximate surface area is 154 Å². The van der Waals surface area contributed by atoms with E-state index in [4.69, 9.17) is 13.6 Å². The van der Waals surface area contributed by atoms with E-state index >= 15 is 0 Å². The van der Waals surface area contributed by atoms with Crippen LogP contribution in [-0.2, 0) is 6.61 Å². The summed E-state index contributed by atoms with van der Waals surface area (Å²) in [4.78, 5) is 23.7. The SMILES string of the molecule is O=C(NCCNC(=O)c1ccc(COc2ccc(F)cc2)o1)c1ccco1. The van der Waals surface area contributed by atoms with E-state index in [2.05, 4.69) is 10.6 Å². The van der Waals surface area contributed by atoms with E-state index in [1.165, 1.54) is 36.6 Å². The van der Waals surface area contributed by atoms with Crippen molar-refractivity contribution in [3.8, 4) is 5.75 Å². The Morgan fingerprint density at radius 3 is 2.30 bits per heavy atom. The molecule has 2 amide bonds. The Balaban J connectivity index is 1.40. The molecule has 0 saturated carbocycles. The van der Waals surface area contributed by atoms with Crippen LogP contribution in [0.3, 0.4) is 0 Å². The Hall–Kier alpha value is -3.55. The molecule has 8 heteroatoms. The van der Waals surface area contributed by atoms with Crippen LogP contribution in [0.4, 0.5) is 4.39 Å². The van der Waals surface area contributed by atoms with Gasteiger partial charge in [0.15, 0.2) is 11.5 Å². The third-order valence-corrected chi connectivity index (χ3v) is 3.52. The molecule has 0 unspecified atom stereocenters. The molecule has 0 aliphatic carbocycles. The van der Waals surface area contributed by atoms with E-state index < -0.39 is 5.91 Å². The summed E-state index contributed by atoms with van der Waals surface area (Å²) < 4.78 is 28.7. The van der Waals surface area contributed by atoms with Gasteiger partial charge in [-0.15, -0.1) is 0 Å². The van der Waals surface area contributed by atoms with Gasteiger partial charge in [-0.05, 0) is 48.5 Å². The van der Waals surface area contributed by atoms with Crippen molar-refractivity contribution in [2.75, 3.05) is 13.1 Å². The van der Waals surface area contributed by atoms with E-state index in [9.17, 15) is 14.0 Å². The van der Waals surface area contributed by atoms with Crippen LogP contribution in [0, 0.1) is 5.82 Å². The highest BCUT2D eigenvalue weighted by Gasteiger charge is 2.12. The first kappa shape index (κ1) is 18.2. The number of rotatable bonds is 8. The normalized spacial score (nSPS) is 10.4. The average Bonchev–Trinajstić information content (AvgIpc) is 3.36. The van der Waals surface area contributed by atoms with Crippen molar-refractivity contribution in [1.29, 1.82) is 0 Å². The first-order chi connectivity index (χ1) is 13.1. The second-order valence-electron chi connectivity index (χ2n) is 5.50. The predicted octanol–water partition coefficient (Wildman–Crippen LogP) is 2.75. The Kier molecular flexibility index (Phi) is 5.88. The van der Waals surface area contributed by atoms with Gasteiger partial charge in [0.25, 0.3) is 11.8 Å². The van der Waals surface area contributed by atoms with Gasteiger partial charge in [-0.2, -0.15) is 0 Å². The fourth-order valence-corrected chi connectivity index (χ4v) is 2.20. The molecule has 0 saturated heterocycles. The standard InChI is InChI=1S/C19H17FN2O5/c20-13-3-5-14(6-4-13)26-12-15-7-8-17(27-15)19(24)22-10-9-21-18(23)16-2-1-11-25-16/h1-8,11H,9-10,12H2,(H,21,23)(H,22,24). The highest BCUT2D eigenvalue weighted by molar-refractivity contribution is 5.92. The van der Waals surface area contributed by atoms with Crippen LogP contribution >= 0.6 is 0 Å². The topological polar surface area (TPSA) is 93.7 Å². The number of nitrogens with one attached hydrogen (secondary N) is 2. The minimum atomic E-state index is -0.407. The van der Waals surface area contributed by atoms with Gasteiger partial charge in [0.1, 0.15) is 23.9 Å². The van der Waals surface area contributed by atoms with Crippen LogP contribution in [-0.4, -0.2) is 24.9 Å². The molecule has 0 bridgehead atoms. The molecule has 0 aliphatic rings. The number of benzene rings is 1. The number of ether oxygens (including phenoxy) is 1. The molecule has 7 nitrogen and oxygen atoms in total. The number of furan rings is 2. The molecule has 0 aliphatic heterocycles. The van der Waals surface area contributed by atoms with E-state index in [0.29, 0.717) is 11.5 Å². The van der Waals surface area contributed by atoms with Crippen LogP contribution in [0.2, 0.25) is 0 Å². The van der Waals surface area contributed by atoms with Gasteiger partial charge in [0.05, 0.1) is 6.26 Å². The Bertz CT molecular complexity index is 887. The second-order valence-corrected chi connectivity index (χ2v) is 5.50. The maximum Gasteiger partial charge on any atom is 0.287 e. The fraction of sp³-hybridized carbons (Fsp3) is 0.158. The maximum atomic E-state index is 12.8. The number of halogens is 1. The average molecular weight is 372 g/mol. The van der Waals surface area contributed by atoms with Crippen LogP contribution in [0.15, 0.2) is 63.6 Å². The molecule has 0 fully saturated rings. The minimum absolute atomic E-state index is 0.109. The van der Waals surface area contributed by atoms with Crippen molar-refractivity contribution in [3.63, 3.8) is 0 Å². The summed E-state index contributed by atoms with van der Waals surface area (Å²) in [5.74, 6) is 0.173. The lowest BCUT2D eigenvalue weighted by molar-refractivity contribution is 0.0898. The molecular formula is C19H17FN2O5. The van der Waals surface area contributed by atoms with E-state index in [1.54, 1.807) is 18.2 Å². The van der Waals surface area contributed by atoms with Crippen LogP contribution < -0.4 is 15.4 Å². The molecule has 3 aromatic rings. The lowest BCUT2D eigenvalue weighted by atomic mass is 10.3. The molecule has 2 aromatic heterocycles. The maximum absolute atomic E-state index is 12.8. The van der Waals surface area contributed by atoms with Gasteiger partial charge in [0, 0.05) is 13.1 Å². The van der Waals surface area contributed by atoms with Crippen molar-refractivity contribution in [3.05, 3.63) is 77.9 Å². The Morgan fingerprint density at radius 1 is 0.926 bits per heavy atom.